The Morgan fingerprint density at radius 1 is 0.684 bits per heavy atom. The van der Waals surface area contributed by atoms with Gasteiger partial charge in [-0.2, -0.15) is 0 Å². The molecule has 0 bridgehead atoms. The van der Waals surface area contributed by atoms with Crippen molar-refractivity contribution in [2.45, 2.75) is 0 Å². The van der Waals surface area contributed by atoms with Crippen LogP contribution >= 0.6 is 0 Å². The van der Waals surface area contributed by atoms with Crippen molar-refractivity contribution in [1.29, 1.82) is 0 Å². The molecule has 19 heavy (non-hydrogen) atoms. The van der Waals surface area contributed by atoms with E-state index in [2.05, 4.69) is 33.2 Å². The second-order valence-electron chi connectivity index (χ2n) is 4.11. The van der Waals surface area contributed by atoms with Gasteiger partial charge in [0.25, 0.3) is 0 Å². The molecule has 2 aromatic heterocycles. The van der Waals surface area contributed by atoms with Gasteiger partial charge in [-0.25, -0.2) is 0 Å². The maximum Gasteiger partial charge on any atom is 0.0886 e. The van der Waals surface area contributed by atoms with Gasteiger partial charge in [0.15, 0.2) is 0 Å². The van der Waals surface area contributed by atoms with Crippen molar-refractivity contribution >= 4 is 21.9 Å². The first kappa shape index (κ1) is 11.4. The van der Waals surface area contributed by atoms with Crippen molar-refractivity contribution < 1.29 is 0 Å². The summed E-state index contributed by atoms with van der Waals surface area (Å²) in [4.78, 5) is 11.4. The van der Waals surface area contributed by atoms with Crippen molar-refractivity contribution in [1.82, 2.24) is 15.0 Å². The van der Waals surface area contributed by atoms with E-state index in [0.717, 1.165) is 11.0 Å². The molecule has 1 N–H and O–H groups in total. The average Bonchev–Trinajstić information content (AvgIpc) is 2.96. The van der Waals surface area contributed by atoms with Gasteiger partial charge in [-0.05, 0) is 29.7 Å². The van der Waals surface area contributed by atoms with Gasteiger partial charge in [0.1, 0.15) is 0 Å². The summed E-state index contributed by atoms with van der Waals surface area (Å²) in [5.41, 5.74) is 3.10. The van der Waals surface area contributed by atoms with Crippen LogP contribution in [0.4, 0.5) is 0 Å². The highest BCUT2D eigenvalue weighted by molar-refractivity contribution is 5.78. The molecule has 92 valence electrons. The van der Waals surface area contributed by atoms with E-state index in [4.69, 9.17) is 0 Å². The van der Waals surface area contributed by atoms with Crippen LogP contribution in [0.2, 0.25) is 0 Å². The molecule has 0 aliphatic rings. The van der Waals surface area contributed by atoms with Gasteiger partial charge >= 0.3 is 0 Å². The van der Waals surface area contributed by atoms with Crippen LogP contribution in [0.1, 0.15) is 0 Å². The standard InChI is InChI=1S/C8H6N2.C8H7N/c1-2-4-8-7(3-1)9-5-6-10-8;1-2-4-8-7(3-1)5-6-9-8/h1-6H;1-6,9H. The first-order valence-corrected chi connectivity index (χ1v) is 6.11. The summed E-state index contributed by atoms with van der Waals surface area (Å²) in [7, 11) is 0. The predicted molar refractivity (Wildman–Crippen MR) is 77.8 cm³/mol. The maximum absolute atomic E-state index is 4.12. The molecule has 0 unspecified atom stereocenters. The molecule has 0 atom stereocenters. The Labute approximate surface area is 111 Å². The number of hydrogen-bond acceptors (Lipinski definition) is 2. The molecule has 2 heterocycles. The number of hydrogen-bond donors (Lipinski definition) is 1. The number of nitrogens with zero attached hydrogens (tertiary/aromatic N) is 2. The van der Waals surface area contributed by atoms with Crippen molar-refractivity contribution in [2.24, 2.45) is 0 Å². The summed E-state index contributed by atoms with van der Waals surface area (Å²) < 4.78 is 0. The molecular formula is C16H13N3. The fourth-order valence-electron chi connectivity index (χ4n) is 1.90. The largest absolute Gasteiger partial charge is 0.361 e. The Morgan fingerprint density at radius 2 is 1.32 bits per heavy atom. The Bertz CT molecular complexity index is 694. The van der Waals surface area contributed by atoms with Crippen LogP contribution in [0.15, 0.2) is 73.2 Å². The number of aromatic amines is 1. The molecule has 3 heteroatoms. The second kappa shape index (κ2) is 5.31. The monoisotopic (exact) mass is 247 g/mol. The number of aromatic nitrogens is 3. The number of nitrogens with one attached hydrogen (secondary N) is 1. The number of rotatable bonds is 0. The third kappa shape index (κ3) is 2.60. The fourth-order valence-corrected chi connectivity index (χ4v) is 1.90. The van der Waals surface area contributed by atoms with Gasteiger partial charge in [0.2, 0.25) is 0 Å². The number of H-pyrrole nitrogens is 1. The molecule has 0 aliphatic heterocycles. The molecule has 2 aromatic carbocycles. The third-order valence-electron chi connectivity index (χ3n) is 2.84. The van der Waals surface area contributed by atoms with Crippen molar-refractivity contribution in [3.05, 3.63) is 73.2 Å². The summed E-state index contributed by atoms with van der Waals surface area (Å²) in [6.07, 6.45) is 5.34. The van der Waals surface area contributed by atoms with E-state index in [1.807, 2.05) is 42.6 Å². The molecule has 0 saturated carbocycles. The smallest absolute Gasteiger partial charge is 0.0886 e. The number of fused-ring (bicyclic) bond motifs is 2. The molecule has 4 rings (SSSR count). The van der Waals surface area contributed by atoms with Crippen LogP contribution in [0.25, 0.3) is 21.9 Å². The summed E-state index contributed by atoms with van der Waals surface area (Å²) in [6.45, 7) is 0. The number of para-hydroxylation sites is 3. The van der Waals surface area contributed by atoms with Gasteiger partial charge in [0, 0.05) is 24.1 Å². The zero-order chi connectivity index (χ0) is 12.9. The van der Waals surface area contributed by atoms with Gasteiger partial charge < -0.3 is 4.98 Å². The first-order chi connectivity index (χ1) is 9.43. The lowest BCUT2D eigenvalue weighted by Gasteiger charge is -1.90. The topological polar surface area (TPSA) is 41.6 Å². The van der Waals surface area contributed by atoms with Crippen LogP contribution in [0.3, 0.4) is 0 Å². The normalized spacial score (nSPS) is 10.1. The van der Waals surface area contributed by atoms with Crippen LogP contribution in [-0.2, 0) is 0 Å². The van der Waals surface area contributed by atoms with Crippen molar-refractivity contribution in [3.63, 3.8) is 0 Å². The van der Waals surface area contributed by atoms with Crippen molar-refractivity contribution in [3.8, 4) is 0 Å². The second-order valence-corrected chi connectivity index (χ2v) is 4.11. The van der Waals surface area contributed by atoms with E-state index in [1.54, 1.807) is 12.4 Å². The third-order valence-corrected chi connectivity index (χ3v) is 2.84. The lowest BCUT2D eigenvalue weighted by atomic mass is 10.3. The summed E-state index contributed by atoms with van der Waals surface area (Å²) in [6, 6.07) is 18.1. The minimum absolute atomic E-state index is 0.949. The van der Waals surface area contributed by atoms with Crippen molar-refractivity contribution in [2.75, 3.05) is 0 Å². The highest BCUT2D eigenvalue weighted by Gasteiger charge is 1.88. The van der Waals surface area contributed by atoms with Crippen LogP contribution < -0.4 is 0 Å². The summed E-state index contributed by atoms with van der Waals surface area (Å²) >= 11 is 0. The number of benzene rings is 2. The quantitative estimate of drug-likeness (QED) is 0.513. The highest BCUT2D eigenvalue weighted by Crippen LogP contribution is 2.09. The van der Waals surface area contributed by atoms with Gasteiger partial charge in [0.05, 0.1) is 11.0 Å². The molecule has 0 spiro atoms. The maximum atomic E-state index is 4.12. The van der Waals surface area contributed by atoms with E-state index >= 15 is 0 Å². The predicted octanol–water partition coefficient (Wildman–Crippen LogP) is 3.80. The van der Waals surface area contributed by atoms with E-state index in [1.165, 1.54) is 10.9 Å². The molecule has 0 fully saturated rings. The summed E-state index contributed by atoms with van der Waals surface area (Å²) in [5.74, 6) is 0. The van der Waals surface area contributed by atoms with Crippen LogP contribution in [0, 0.1) is 0 Å². The Balaban J connectivity index is 0.000000117. The highest BCUT2D eigenvalue weighted by atomic mass is 14.8. The molecule has 4 aromatic rings. The molecule has 3 nitrogen and oxygen atoms in total. The Kier molecular flexibility index (Phi) is 3.19. The van der Waals surface area contributed by atoms with Crippen LogP contribution in [0.5, 0.6) is 0 Å². The Hall–Kier alpha value is -2.68. The zero-order valence-electron chi connectivity index (χ0n) is 10.3. The van der Waals surface area contributed by atoms with E-state index in [0.29, 0.717) is 0 Å². The molecule has 0 amide bonds. The zero-order valence-corrected chi connectivity index (χ0v) is 10.3. The van der Waals surface area contributed by atoms with Gasteiger partial charge in [-0.1, -0.05) is 30.3 Å². The van der Waals surface area contributed by atoms with Crippen LogP contribution in [-0.4, -0.2) is 15.0 Å². The lowest BCUT2D eigenvalue weighted by Crippen LogP contribution is -1.78. The SMILES string of the molecule is c1ccc2[nH]ccc2c1.c1ccc2nccnc2c1. The molecule has 0 aliphatic carbocycles. The minimum Gasteiger partial charge on any atom is -0.361 e. The molecule has 0 saturated heterocycles. The molecular weight excluding hydrogens is 234 g/mol. The average molecular weight is 247 g/mol. The van der Waals surface area contributed by atoms with E-state index < -0.39 is 0 Å². The summed E-state index contributed by atoms with van der Waals surface area (Å²) in [5, 5.41) is 1.28. The molecule has 0 radical (unpaired) electrons. The Morgan fingerprint density at radius 3 is 2.00 bits per heavy atom. The first-order valence-electron chi connectivity index (χ1n) is 6.11. The fraction of sp³-hybridized carbons (Fsp3) is 0. The van der Waals surface area contributed by atoms with E-state index in [9.17, 15) is 0 Å². The van der Waals surface area contributed by atoms with Gasteiger partial charge in [-0.3, -0.25) is 9.97 Å². The van der Waals surface area contributed by atoms with Gasteiger partial charge in [-0.15, -0.1) is 0 Å². The lowest BCUT2D eigenvalue weighted by molar-refractivity contribution is 1.29. The van der Waals surface area contributed by atoms with E-state index in [-0.39, 0.29) is 0 Å². The minimum atomic E-state index is 0.949.